The van der Waals surface area contributed by atoms with Gasteiger partial charge < -0.3 is 4.42 Å². The molecule has 3 aromatic rings. The van der Waals surface area contributed by atoms with Crippen molar-refractivity contribution in [2.45, 2.75) is 6.92 Å². The molecule has 0 saturated heterocycles. The van der Waals surface area contributed by atoms with Gasteiger partial charge >= 0.3 is 0 Å². The molecular formula is C14H11NO. The van der Waals surface area contributed by atoms with E-state index in [1.165, 1.54) is 0 Å². The molecule has 78 valence electrons. The van der Waals surface area contributed by atoms with Crippen molar-refractivity contribution < 1.29 is 4.42 Å². The Labute approximate surface area is 93.5 Å². The predicted octanol–water partition coefficient (Wildman–Crippen LogP) is 3.80. The summed E-state index contributed by atoms with van der Waals surface area (Å²) in [5.41, 5.74) is 2.97. The number of aromatic nitrogens is 1. The zero-order valence-electron chi connectivity index (χ0n) is 8.97. The SMILES string of the molecule is Cc1oc2ccccc2c1-c1ccccn1. The summed E-state index contributed by atoms with van der Waals surface area (Å²) in [6, 6.07) is 14.0. The second-order valence-electron chi connectivity index (χ2n) is 3.74. The molecule has 2 heteroatoms. The Hall–Kier alpha value is -2.09. The van der Waals surface area contributed by atoms with Gasteiger partial charge in [0, 0.05) is 17.1 Å². The summed E-state index contributed by atoms with van der Waals surface area (Å²) in [5.74, 6) is 0.917. The lowest BCUT2D eigenvalue weighted by Gasteiger charge is -1.97. The van der Waals surface area contributed by atoms with Crippen LogP contribution in [-0.2, 0) is 0 Å². The Balaban J connectivity index is 2.35. The lowest BCUT2D eigenvalue weighted by molar-refractivity contribution is 0.580. The van der Waals surface area contributed by atoms with E-state index in [2.05, 4.69) is 11.1 Å². The molecule has 0 aliphatic heterocycles. The molecule has 0 aliphatic carbocycles. The van der Waals surface area contributed by atoms with Crippen LogP contribution in [0.1, 0.15) is 5.76 Å². The van der Waals surface area contributed by atoms with Gasteiger partial charge in [-0.05, 0) is 25.1 Å². The summed E-state index contributed by atoms with van der Waals surface area (Å²) >= 11 is 0. The number of para-hydroxylation sites is 1. The highest BCUT2D eigenvalue weighted by atomic mass is 16.3. The van der Waals surface area contributed by atoms with E-state index >= 15 is 0 Å². The number of nitrogens with zero attached hydrogens (tertiary/aromatic N) is 1. The van der Waals surface area contributed by atoms with Crippen molar-refractivity contribution in [3.8, 4) is 11.3 Å². The molecule has 0 radical (unpaired) electrons. The van der Waals surface area contributed by atoms with Gasteiger partial charge in [-0.25, -0.2) is 0 Å². The summed E-state index contributed by atoms with van der Waals surface area (Å²) in [6.45, 7) is 1.98. The van der Waals surface area contributed by atoms with Gasteiger partial charge in [0.15, 0.2) is 0 Å². The number of aryl methyl sites for hydroxylation is 1. The lowest BCUT2D eigenvalue weighted by atomic mass is 10.1. The van der Waals surface area contributed by atoms with E-state index in [0.29, 0.717) is 0 Å². The van der Waals surface area contributed by atoms with Gasteiger partial charge in [0.1, 0.15) is 11.3 Å². The first-order valence-electron chi connectivity index (χ1n) is 5.26. The van der Waals surface area contributed by atoms with Gasteiger partial charge in [-0.15, -0.1) is 0 Å². The van der Waals surface area contributed by atoms with Gasteiger partial charge in [-0.1, -0.05) is 24.3 Å². The Bertz CT molecular complexity index is 626. The number of benzene rings is 1. The molecule has 0 N–H and O–H groups in total. The number of hydrogen-bond donors (Lipinski definition) is 0. The second kappa shape index (κ2) is 3.49. The Morgan fingerprint density at radius 1 is 1.00 bits per heavy atom. The van der Waals surface area contributed by atoms with Crippen molar-refractivity contribution in [2.75, 3.05) is 0 Å². The molecule has 3 rings (SSSR count). The molecule has 0 amide bonds. The van der Waals surface area contributed by atoms with Crippen LogP contribution in [0.5, 0.6) is 0 Å². The molecule has 0 bridgehead atoms. The van der Waals surface area contributed by atoms with Crippen molar-refractivity contribution in [1.29, 1.82) is 0 Å². The standard InChI is InChI=1S/C14H11NO/c1-10-14(12-7-4-5-9-15-12)11-6-2-3-8-13(11)16-10/h2-9H,1H3. The van der Waals surface area contributed by atoms with E-state index < -0.39 is 0 Å². The van der Waals surface area contributed by atoms with Crippen molar-refractivity contribution in [1.82, 2.24) is 4.98 Å². The lowest BCUT2D eigenvalue weighted by Crippen LogP contribution is -1.82. The topological polar surface area (TPSA) is 26.0 Å². The Morgan fingerprint density at radius 2 is 1.81 bits per heavy atom. The summed E-state index contributed by atoms with van der Waals surface area (Å²) in [4.78, 5) is 4.37. The fourth-order valence-electron chi connectivity index (χ4n) is 2.00. The maximum absolute atomic E-state index is 5.71. The average Bonchev–Trinajstić information content (AvgIpc) is 2.66. The van der Waals surface area contributed by atoms with E-state index in [9.17, 15) is 0 Å². The largest absolute Gasteiger partial charge is 0.461 e. The third-order valence-electron chi connectivity index (χ3n) is 2.69. The van der Waals surface area contributed by atoms with Gasteiger partial charge in [-0.3, -0.25) is 4.98 Å². The predicted molar refractivity (Wildman–Crippen MR) is 64.2 cm³/mol. The van der Waals surface area contributed by atoms with Gasteiger partial charge in [0.05, 0.1) is 5.69 Å². The fraction of sp³-hybridized carbons (Fsp3) is 0.0714. The molecule has 0 spiro atoms. The average molecular weight is 209 g/mol. The molecule has 2 aromatic heterocycles. The molecule has 16 heavy (non-hydrogen) atoms. The monoisotopic (exact) mass is 209 g/mol. The fourth-order valence-corrected chi connectivity index (χ4v) is 2.00. The van der Waals surface area contributed by atoms with Gasteiger partial charge in [0.2, 0.25) is 0 Å². The van der Waals surface area contributed by atoms with Crippen LogP contribution in [0, 0.1) is 6.92 Å². The van der Waals surface area contributed by atoms with E-state index in [-0.39, 0.29) is 0 Å². The minimum atomic E-state index is 0.917. The highest BCUT2D eigenvalue weighted by molar-refractivity contribution is 5.94. The molecule has 2 nitrogen and oxygen atoms in total. The minimum absolute atomic E-state index is 0.917. The zero-order chi connectivity index (χ0) is 11.0. The second-order valence-corrected chi connectivity index (χ2v) is 3.74. The molecule has 1 aromatic carbocycles. The third kappa shape index (κ3) is 1.31. The van der Waals surface area contributed by atoms with Crippen LogP contribution in [0.25, 0.3) is 22.2 Å². The van der Waals surface area contributed by atoms with Crippen LogP contribution in [0.4, 0.5) is 0 Å². The number of hydrogen-bond acceptors (Lipinski definition) is 2. The van der Waals surface area contributed by atoms with Crippen molar-refractivity contribution in [3.63, 3.8) is 0 Å². The van der Waals surface area contributed by atoms with E-state index in [1.807, 2.05) is 43.3 Å². The summed E-state index contributed by atoms with van der Waals surface area (Å²) in [5, 5.41) is 1.12. The quantitative estimate of drug-likeness (QED) is 0.609. The highest BCUT2D eigenvalue weighted by Crippen LogP contribution is 2.32. The number of rotatable bonds is 1. The molecular weight excluding hydrogens is 198 g/mol. The Morgan fingerprint density at radius 3 is 2.62 bits per heavy atom. The number of furan rings is 1. The van der Waals surface area contributed by atoms with Gasteiger partial charge in [-0.2, -0.15) is 0 Å². The summed E-state index contributed by atoms with van der Waals surface area (Å²) in [7, 11) is 0. The van der Waals surface area contributed by atoms with Crippen LogP contribution >= 0.6 is 0 Å². The summed E-state index contributed by atoms with van der Waals surface area (Å²) in [6.07, 6.45) is 1.80. The number of pyridine rings is 1. The van der Waals surface area contributed by atoms with Crippen LogP contribution in [0.2, 0.25) is 0 Å². The molecule has 0 fully saturated rings. The van der Waals surface area contributed by atoms with Crippen LogP contribution < -0.4 is 0 Å². The molecule has 0 atom stereocenters. The van der Waals surface area contributed by atoms with Crippen molar-refractivity contribution in [3.05, 3.63) is 54.4 Å². The molecule has 0 saturated carbocycles. The maximum Gasteiger partial charge on any atom is 0.134 e. The molecule has 0 unspecified atom stereocenters. The van der Waals surface area contributed by atoms with Crippen molar-refractivity contribution in [2.24, 2.45) is 0 Å². The minimum Gasteiger partial charge on any atom is -0.461 e. The molecule has 0 aliphatic rings. The van der Waals surface area contributed by atoms with Gasteiger partial charge in [0.25, 0.3) is 0 Å². The van der Waals surface area contributed by atoms with Crippen molar-refractivity contribution >= 4 is 11.0 Å². The van der Waals surface area contributed by atoms with Crippen LogP contribution in [0.15, 0.2) is 53.1 Å². The smallest absolute Gasteiger partial charge is 0.134 e. The number of fused-ring (bicyclic) bond motifs is 1. The Kier molecular flexibility index (Phi) is 2.00. The molecule has 2 heterocycles. The third-order valence-corrected chi connectivity index (χ3v) is 2.69. The van der Waals surface area contributed by atoms with Crippen LogP contribution in [-0.4, -0.2) is 4.98 Å². The van der Waals surface area contributed by atoms with E-state index in [0.717, 1.165) is 28.0 Å². The first-order valence-corrected chi connectivity index (χ1v) is 5.26. The first-order chi connectivity index (χ1) is 7.86. The maximum atomic E-state index is 5.71. The van der Waals surface area contributed by atoms with Crippen LogP contribution in [0.3, 0.4) is 0 Å². The highest BCUT2D eigenvalue weighted by Gasteiger charge is 2.12. The first kappa shape index (κ1) is 9.16. The summed E-state index contributed by atoms with van der Waals surface area (Å²) < 4.78 is 5.71. The zero-order valence-corrected chi connectivity index (χ0v) is 8.97. The van der Waals surface area contributed by atoms with E-state index in [4.69, 9.17) is 4.42 Å². The normalized spacial score (nSPS) is 10.8. The van der Waals surface area contributed by atoms with E-state index in [1.54, 1.807) is 6.20 Å².